The number of nitrogens with one attached hydrogen (secondary N) is 3. The molecule has 3 amide bonds. The van der Waals surface area contributed by atoms with Crippen LogP contribution in [0, 0.1) is 0 Å². The van der Waals surface area contributed by atoms with E-state index in [1.807, 2.05) is 0 Å². The van der Waals surface area contributed by atoms with E-state index < -0.39 is 29.5 Å². The van der Waals surface area contributed by atoms with Crippen LogP contribution in [0.25, 0.3) is 6.08 Å². The third kappa shape index (κ3) is 9.37. The van der Waals surface area contributed by atoms with Crippen molar-refractivity contribution in [3.8, 4) is 0 Å². The summed E-state index contributed by atoms with van der Waals surface area (Å²) in [6.07, 6.45) is -3.05. The molecule has 0 unspecified atom stereocenters. The summed E-state index contributed by atoms with van der Waals surface area (Å²) in [5.74, 6) is -1.68. The minimum atomic E-state index is -4.57. The molecule has 0 saturated carbocycles. The molecule has 0 spiro atoms. The van der Waals surface area contributed by atoms with E-state index in [-0.39, 0.29) is 22.2 Å². The van der Waals surface area contributed by atoms with Crippen molar-refractivity contribution >= 4 is 70.1 Å². The van der Waals surface area contributed by atoms with Gasteiger partial charge in [-0.2, -0.15) is 13.2 Å². The lowest BCUT2D eigenvalue weighted by Crippen LogP contribution is -2.30. The SMILES string of the molecule is O=C(CSc1ccc(NC(=O)/C(=C/c2ccc(Cl)cc2)NC(=O)c2ccccc2)cc1)Nc1cc(C(F)(F)F)ccc1Cl. The molecule has 0 heterocycles. The molecule has 4 aromatic carbocycles. The lowest BCUT2D eigenvalue weighted by atomic mass is 10.1. The molecule has 0 bridgehead atoms. The minimum Gasteiger partial charge on any atom is -0.324 e. The summed E-state index contributed by atoms with van der Waals surface area (Å²) in [7, 11) is 0. The molecule has 0 radical (unpaired) electrons. The molecule has 0 saturated heterocycles. The number of thioether (sulfide) groups is 1. The maximum Gasteiger partial charge on any atom is 0.416 e. The summed E-state index contributed by atoms with van der Waals surface area (Å²) in [6.45, 7) is 0. The lowest BCUT2D eigenvalue weighted by molar-refractivity contribution is -0.137. The molecule has 0 atom stereocenters. The number of carbonyl (C=O) groups excluding carboxylic acids is 3. The Kier molecular flexibility index (Phi) is 10.5. The second-order valence-electron chi connectivity index (χ2n) is 8.94. The number of rotatable bonds is 9. The Balaban J connectivity index is 1.39. The van der Waals surface area contributed by atoms with Crippen molar-refractivity contribution in [3.05, 3.63) is 129 Å². The fourth-order valence-corrected chi connectivity index (χ4v) is 4.62. The Morgan fingerprint density at radius 1 is 0.814 bits per heavy atom. The van der Waals surface area contributed by atoms with Gasteiger partial charge in [0, 0.05) is 21.2 Å². The predicted octanol–water partition coefficient (Wildman–Crippen LogP) is 8.15. The summed E-state index contributed by atoms with van der Waals surface area (Å²) >= 11 is 13.0. The Hall–Kier alpha value is -4.25. The Morgan fingerprint density at radius 2 is 1.49 bits per heavy atom. The van der Waals surface area contributed by atoms with Gasteiger partial charge in [0.15, 0.2) is 0 Å². The zero-order chi connectivity index (χ0) is 31.0. The number of carbonyl (C=O) groups is 3. The maximum absolute atomic E-state index is 13.2. The Morgan fingerprint density at radius 3 is 2.14 bits per heavy atom. The van der Waals surface area contributed by atoms with Crippen molar-refractivity contribution in [3.63, 3.8) is 0 Å². The van der Waals surface area contributed by atoms with E-state index in [9.17, 15) is 27.6 Å². The number of hydrogen-bond donors (Lipinski definition) is 3. The molecule has 6 nitrogen and oxygen atoms in total. The molecule has 220 valence electrons. The van der Waals surface area contributed by atoms with Crippen LogP contribution in [-0.2, 0) is 15.8 Å². The third-order valence-electron chi connectivity index (χ3n) is 5.76. The molecular formula is C31H22Cl2F3N3O3S. The molecule has 0 fully saturated rings. The average molecular weight is 645 g/mol. The number of amides is 3. The van der Waals surface area contributed by atoms with Gasteiger partial charge < -0.3 is 16.0 Å². The summed E-state index contributed by atoms with van der Waals surface area (Å²) in [4.78, 5) is 39.0. The second kappa shape index (κ2) is 14.3. The highest BCUT2D eigenvalue weighted by Gasteiger charge is 2.31. The van der Waals surface area contributed by atoms with E-state index in [4.69, 9.17) is 23.2 Å². The zero-order valence-electron chi connectivity index (χ0n) is 22.0. The third-order valence-corrected chi connectivity index (χ3v) is 7.35. The van der Waals surface area contributed by atoms with Gasteiger partial charge in [-0.1, -0.05) is 53.5 Å². The number of halogens is 5. The molecule has 0 aromatic heterocycles. The highest BCUT2D eigenvalue weighted by atomic mass is 35.5. The number of benzene rings is 4. The van der Waals surface area contributed by atoms with Gasteiger partial charge in [-0.05, 0) is 78.4 Å². The van der Waals surface area contributed by atoms with Gasteiger partial charge in [-0.3, -0.25) is 14.4 Å². The van der Waals surface area contributed by atoms with Gasteiger partial charge in [0.1, 0.15) is 5.70 Å². The van der Waals surface area contributed by atoms with Crippen LogP contribution >= 0.6 is 35.0 Å². The fourth-order valence-electron chi connectivity index (χ4n) is 3.63. The lowest BCUT2D eigenvalue weighted by Gasteiger charge is -2.12. The smallest absolute Gasteiger partial charge is 0.324 e. The van der Waals surface area contributed by atoms with Gasteiger partial charge in [0.2, 0.25) is 5.91 Å². The normalized spacial score (nSPS) is 11.5. The van der Waals surface area contributed by atoms with E-state index >= 15 is 0 Å². The van der Waals surface area contributed by atoms with Crippen LogP contribution < -0.4 is 16.0 Å². The number of alkyl halides is 3. The van der Waals surface area contributed by atoms with Crippen LogP contribution in [0.5, 0.6) is 0 Å². The monoisotopic (exact) mass is 643 g/mol. The van der Waals surface area contributed by atoms with Crippen molar-refractivity contribution in [2.45, 2.75) is 11.1 Å². The second-order valence-corrected chi connectivity index (χ2v) is 10.8. The molecule has 0 aliphatic rings. The first-order valence-corrected chi connectivity index (χ1v) is 14.3. The zero-order valence-corrected chi connectivity index (χ0v) is 24.4. The average Bonchev–Trinajstić information content (AvgIpc) is 2.98. The van der Waals surface area contributed by atoms with Crippen LogP contribution in [0.4, 0.5) is 24.5 Å². The van der Waals surface area contributed by atoms with E-state index in [1.54, 1.807) is 78.9 Å². The number of anilines is 2. The maximum atomic E-state index is 13.2. The predicted molar refractivity (Wildman–Crippen MR) is 164 cm³/mol. The van der Waals surface area contributed by atoms with Crippen molar-refractivity contribution in [1.29, 1.82) is 0 Å². The van der Waals surface area contributed by atoms with E-state index in [2.05, 4.69) is 16.0 Å². The van der Waals surface area contributed by atoms with E-state index in [0.29, 0.717) is 26.7 Å². The fraction of sp³-hybridized carbons (Fsp3) is 0.0645. The van der Waals surface area contributed by atoms with Crippen LogP contribution in [0.1, 0.15) is 21.5 Å². The summed E-state index contributed by atoms with van der Waals surface area (Å²) in [5, 5.41) is 8.29. The first-order valence-electron chi connectivity index (χ1n) is 12.5. The van der Waals surface area contributed by atoms with E-state index in [1.165, 1.54) is 6.08 Å². The van der Waals surface area contributed by atoms with Crippen LogP contribution in [0.15, 0.2) is 108 Å². The van der Waals surface area contributed by atoms with Gasteiger partial charge >= 0.3 is 6.18 Å². The highest BCUT2D eigenvalue weighted by Crippen LogP contribution is 2.34. The van der Waals surface area contributed by atoms with E-state index in [0.717, 1.165) is 30.0 Å². The highest BCUT2D eigenvalue weighted by molar-refractivity contribution is 8.00. The van der Waals surface area contributed by atoms with Crippen LogP contribution in [-0.4, -0.2) is 23.5 Å². The summed E-state index contributed by atoms with van der Waals surface area (Å²) in [6, 6.07) is 24.4. The topological polar surface area (TPSA) is 87.3 Å². The molecule has 12 heteroatoms. The van der Waals surface area contributed by atoms with Crippen molar-refractivity contribution in [1.82, 2.24) is 5.32 Å². The molecule has 0 aliphatic heterocycles. The Bertz CT molecular complexity index is 1650. The molecule has 43 heavy (non-hydrogen) atoms. The first-order chi connectivity index (χ1) is 20.5. The van der Waals surface area contributed by atoms with Crippen LogP contribution in [0.3, 0.4) is 0 Å². The molecule has 3 N–H and O–H groups in total. The van der Waals surface area contributed by atoms with Gasteiger partial charge in [-0.15, -0.1) is 11.8 Å². The van der Waals surface area contributed by atoms with Crippen LogP contribution in [0.2, 0.25) is 10.0 Å². The Labute approximate surface area is 259 Å². The van der Waals surface area contributed by atoms with Gasteiger partial charge in [0.05, 0.1) is 22.0 Å². The standard InChI is InChI=1S/C31H22Cl2F3N3O3S/c32-22-9-6-19(7-10-22)16-27(39-29(41)20-4-2-1-3-5-20)30(42)37-23-11-13-24(14-12-23)43-18-28(40)38-26-17-21(31(34,35)36)8-15-25(26)33/h1-17H,18H2,(H,37,42)(H,38,40)(H,39,41)/b27-16-. The molecule has 4 aromatic rings. The van der Waals surface area contributed by atoms with Gasteiger partial charge in [-0.25, -0.2) is 0 Å². The minimum absolute atomic E-state index is 0.000415. The summed E-state index contributed by atoms with van der Waals surface area (Å²) < 4.78 is 39.0. The van der Waals surface area contributed by atoms with Crippen molar-refractivity contribution < 1.29 is 27.6 Å². The first kappa shape index (κ1) is 31.7. The molecule has 0 aliphatic carbocycles. The van der Waals surface area contributed by atoms with Crippen molar-refractivity contribution in [2.75, 3.05) is 16.4 Å². The number of hydrogen-bond acceptors (Lipinski definition) is 4. The molecular weight excluding hydrogens is 622 g/mol. The molecule has 4 rings (SSSR count). The van der Waals surface area contributed by atoms with Crippen molar-refractivity contribution in [2.24, 2.45) is 0 Å². The van der Waals surface area contributed by atoms with Gasteiger partial charge in [0.25, 0.3) is 11.8 Å². The quantitative estimate of drug-likeness (QED) is 0.127. The largest absolute Gasteiger partial charge is 0.416 e. The summed E-state index contributed by atoms with van der Waals surface area (Å²) in [5.41, 5.74) is 0.368.